The van der Waals surface area contributed by atoms with Crippen molar-refractivity contribution in [2.75, 3.05) is 37.6 Å². The fourth-order valence-electron chi connectivity index (χ4n) is 5.44. The van der Waals surface area contributed by atoms with Crippen molar-refractivity contribution in [1.82, 2.24) is 0 Å². The van der Waals surface area contributed by atoms with Gasteiger partial charge in [0.25, 0.3) is 5.91 Å². The maximum absolute atomic E-state index is 14.8. The van der Waals surface area contributed by atoms with Crippen LogP contribution in [0.5, 0.6) is 11.5 Å². The average Bonchev–Trinajstić information content (AvgIpc) is 3.13. The minimum absolute atomic E-state index is 0.00563. The Morgan fingerprint density at radius 1 is 1.06 bits per heavy atom. The summed E-state index contributed by atoms with van der Waals surface area (Å²) in [6.45, 7) is 5.02. The van der Waals surface area contributed by atoms with Gasteiger partial charge in [0.2, 0.25) is 5.91 Å². The van der Waals surface area contributed by atoms with Gasteiger partial charge in [0.15, 0.2) is 11.5 Å². The highest BCUT2D eigenvalue weighted by Crippen LogP contribution is 2.45. The SMILES string of the molecule is COc1cccc([C@H]2O[C@H](CC(=O)Nc3cc(CCC(=O)O)ccc3F)C(=O)N(CC(C)(C)COC(C)=O)c3ccc(Cl)cc32)c1OC. The fourth-order valence-corrected chi connectivity index (χ4v) is 5.62. The molecule has 1 aliphatic heterocycles. The fraction of sp³-hybridized carbons (Fsp3) is 0.371. The monoisotopic (exact) mass is 684 g/mol. The van der Waals surface area contributed by atoms with Gasteiger partial charge in [0.05, 0.1) is 32.9 Å². The summed E-state index contributed by atoms with van der Waals surface area (Å²) in [4.78, 5) is 52.0. The first-order chi connectivity index (χ1) is 22.7. The van der Waals surface area contributed by atoms with E-state index in [9.17, 15) is 23.6 Å². The smallest absolute Gasteiger partial charge is 0.303 e. The first-order valence-corrected chi connectivity index (χ1v) is 15.5. The number of nitrogens with one attached hydrogen (secondary N) is 1. The summed E-state index contributed by atoms with van der Waals surface area (Å²) >= 11 is 6.49. The number of esters is 1. The number of aryl methyl sites for hydroxylation is 1. The van der Waals surface area contributed by atoms with E-state index in [1.165, 1.54) is 38.2 Å². The number of halogens is 2. The third kappa shape index (κ3) is 8.81. The molecule has 2 atom stereocenters. The number of hydrogen-bond acceptors (Lipinski definition) is 8. The number of fused-ring (bicyclic) bond motifs is 1. The Kier molecular flexibility index (Phi) is 11.7. The number of ether oxygens (including phenoxy) is 4. The molecule has 3 aromatic rings. The molecule has 0 spiro atoms. The molecule has 0 radical (unpaired) electrons. The van der Waals surface area contributed by atoms with Crippen molar-refractivity contribution in [2.24, 2.45) is 5.41 Å². The van der Waals surface area contributed by atoms with Crippen molar-refractivity contribution < 1.29 is 47.6 Å². The number of amides is 2. The Balaban J connectivity index is 1.77. The zero-order valence-electron chi connectivity index (χ0n) is 27.3. The number of rotatable bonds is 13. The number of nitrogens with zero attached hydrogens (tertiary/aromatic N) is 1. The number of aliphatic carboxylic acids is 1. The van der Waals surface area contributed by atoms with Crippen LogP contribution in [0, 0.1) is 11.2 Å². The second-order valence-electron chi connectivity index (χ2n) is 12.1. The van der Waals surface area contributed by atoms with Crippen molar-refractivity contribution >= 4 is 46.7 Å². The lowest BCUT2D eigenvalue weighted by Gasteiger charge is -2.33. The largest absolute Gasteiger partial charge is 0.493 e. The number of carboxylic acid groups (broad SMARTS) is 1. The van der Waals surface area contributed by atoms with Gasteiger partial charge in [-0.15, -0.1) is 0 Å². The number of benzene rings is 3. The highest BCUT2D eigenvalue weighted by molar-refractivity contribution is 6.30. The van der Waals surface area contributed by atoms with E-state index in [1.807, 2.05) is 13.8 Å². The van der Waals surface area contributed by atoms with Crippen LogP contribution in [-0.2, 0) is 35.1 Å². The summed E-state index contributed by atoms with van der Waals surface area (Å²) < 4.78 is 37.8. The Morgan fingerprint density at radius 2 is 1.81 bits per heavy atom. The number of carboxylic acids is 1. The molecule has 2 N–H and O–H groups in total. The van der Waals surface area contributed by atoms with Crippen molar-refractivity contribution in [3.05, 3.63) is 82.1 Å². The summed E-state index contributed by atoms with van der Waals surface area (Å²) in [5, 5.41) is 11.9. The van der Waals surface area contributed by atoms with Gasteiger partial charge in [0.1, 0.15) is 18.0 Å². The molecular weight excluding hydrogens is 647 g/mol. The number of anilines is 2. The first kappa shape index (κ1) is 36.2. The highest BCUT2D eigenvalue weighted by Gasteiger charge is 2.41. The van der Waals surface area contributed by atoms with Gasteiger partial charge in [0, 0.05) is 47.1 Å². The number of hydrogen-bond donors (Lipinski definition) is 2. The van der Waals surface area contributed by atoms with E-state index >= 15 is 0 Å². The van der Waals surface area contributed by atoms with Crippen molar-refractivity contribution in [1.29, 1.82) is 0 Å². The van der Waals surface area contributed by atoms with E-state index in [4.69, 9.17) is 35.7 Å². The maximum atomic E-state index is 14.8. The van der Waals surface area contributed by atoms with E-state index in [-0.39, 0.29) is 31.7 Å². The number of methoxy groups -OCH3 is 2. The zero-order chi connectivity index (χ0) is 35.2. The molecule has 13 heteroatoms. The van der Waals surface area contributed by atoms with Gasteiger partial charge in [-0.2, -0.15) is 0 Å². The van der Waals surface area contributed by atoms with Crippen molar-refractivity contribution in [2.45, 2.75) is 52.2 Å². The van der Waals surface area contributed by atoms with Crippen LogP contribution in [-0.4, -0.2) is 62.3 Å². The van der Waals surface area contributed by atoms with E-state index in [2.05, 4.69) is 5.32 Å². The summed E-state index contributed by atoms with van der Waals surface area (Å²) in [5.74, 6) is -2.75. The Bertz CT molecular complexity index is 1700. The predicted molar refractivity (Wildman–Crippen MR) is 176 cm³/mol. The van der Waals surface area contributed by atoms with E-state index < -0.39 is 53.6 Å². The van der Waals surface area contributed by atoms with Crippen LogP contribution in [0.4, 0.5) is 15.8 Å². The molecule has 48 heavy (non-hydrogen) atoms. The summed E-state index contributed by atoms with van der Waals surface area (Å²) in [6, 6.07) is 14.1. The Morgan fingerprint density at radius 3 is 2.48 bits per heavy atom. The molecule has 0 fully saturated rings. The van der Waals surface area contributed by atoms with Crippen molar-refractivity contribution in [3.8, 4) is 11.5 Å². The molecule has 2 amide bonds. The zero-order valence-corrected chi connectivity index (χ0v) is 28.1. The van der Waals surface area contributed by atoms with Crippen LogP contribution in [0.3, 0.4) is 0 Å². The number of carbonyl (C=O) groups is 4. The minimum Gasteiger partial charge on any atom is -0.493 e. The molecule has 0 saturated carbocycles. The normalized spacial score (nSPS) is 16.1. The maximum Gasteiger partial charge on any atom is 0.303 e. The van der Waals surface area contributed by atoms with Gasteiger partial charge in [-0.25, -0.2) is 4.39 Å². The summed E-state index contributed by atoms with van der Waals surface area (Å²) in [5.41, 5.74) is 1.06. The highest BCUT2D eigenvalue weighted by atomic mass is 35.5. The Hall–Kier alpha value is -4.68. The molecule has 4 rings (SSSR count). The van der Waals surface area contributed by atoms with Gasteiger partial charge < -0.3 is 34.3 Å². The molecule has 1 aliphatic rings. The molecule has 0 bridgehead atoms. The third-order valence-corrected chi connectivity index (χ3v) is 7.91. The van der Waals surface area contributed by atoms with E-state index in [0.717, 1.165) is 6.07 Å². The molecule has 0 unspecified atom stereocenters. The second-order valence-corrected chi connectivity index (χ2v) is 12.6. The summed E-state index contributed by atoms with van der Waals surface area (Å²) in [6.07, 6.45) is -2.93. The molecule has 0 aliphatic carbocycles. The topological polar surface area (TPSA) is 141 Å². The van der Waals surface area contributed by atoms with Crippen LogP contribution in [0.15, 0.2) is 54.6 Å². The predicted octanol–water partition coefficient (Wildman–Crippen LogP) is 5.95. The van der Waals surface area contributed by atoms with Crippen LogP contribution in [0.25, 0.3) is 0 Å². The standard InChI is InChI=1S/C35H38ClFN2O9/c1-20(40)47-19-35(2,3)18-39-27-13-11-22(36)16-24(27)32(23-7-6-8-28(45-4)33(23)46-5)48-29(34(39)44)17-30(41)38-26-15-21(9-12-25(26)37)10-14-31(42)43/h6-9,11-13,15-16,29,32H,10,14,17-19H2,1-5H3,(H,38,41)(H,42,43)/t29-,32-/m1/s1. The minimum atomic E-state index is -1.39. The van der Waals surface area contributed by atoms with Gasteiger partial charge in [-0.1, -0.05) is 43.6 Å². The van der Waals surface area contributed by atoms with Crippen molar-refractivity contribution in [3.63, 3.8) is 0 Å². The van der Waals surface area contributed by atoms with Gasteiger partial charge in [-0.3, -0.25) is 19.2 Å². The number of carbonyl (C=O) groups excluding carboxylic acids is 3. The lowest BCUT2D eigenvalue weighted by molar-refractivity contribution is -0.144. The molecule has 11 nitrogen and oxygen atoms in total. The summed E-state index contributed by atoms with van der Waals surface area (Å²) in [7, 11) is 2.95. The molecule has 0 aromatic heterocycles. The van der Waals surface area contributed by atoms with Crippen LogP contribution < -0.4 is 19.7 Å². The first-order valence-electron chi connectivity index (χ1n) is 15.1. The van der Waals surface area contributed by atoms with Crippen LogP contribution in [0.2, 0.25) is 5.02 Å². The average molecular weight is 685 g/mol. The molecule has 256 valence electrons. The third-order valence-electron chi connectivity index (χ3n) is 7.68. The van der Waals surface area contributed by atoms with Crippen LogP contribution in [0.1, 0.15) is 56.4 Å². The number of para-hydroxylation sites is 1. The second kappa shape index (κ2) is 15.5. The molecule has 0 saturated heterocycles. The van der Waals surface area contributed by atoms with E-state index in [0.29, 0.717) is 38.9 Å². The van der Waals surface area contributed by atoms with E-state index in [1.54, 1.807) is 36.4 Å². The lowest BCUT2D eigenvalue weighted by atomic mass is 9.92. The van der Waals surface area contributed by atoms with Gasteiger partial charge >= 0.3 is 11.9 Å². The quantitative estimate of drug-likeness (QED) is 0.209. The Labute approximate surface area is 282 Å². The molecular formula is C35H38ClFN2O9. The van der Waals surface area contributed by atoms with Crippen LogP contribution >= 0.6 is 11.6 Å². The van der Waals surface area contributed by atoms with Gasteiger partial charge in [-0.05, 0) is 48.4 Å². The molecule has 1 heterocycles. The molecule has 3 aromatic carbocycles. The lowest BCUT2D eigenvalue weighted by Crippen LogP contribution is -2.46.